The van der Waals surface area contributed by atoms with Crippen molar-refractivity contribution < 1.29 is 24.0 Å². The number of hydrogen-bond acceptors (Lipinski definition) is 7. The van der Waals surface area contributed by atoms with Gasteiger partial charge in [0.2, 0.25) is 0 Å². The van der Waals surface area contributed by atoms with E-state index in [1.165, 1.54) is 7.11 Å². The van der Waals surface area contributed by atoms with Crippen LogP contribution in [0.25, 0.3) is 0 Å². The molecule has 0 aliphatic rings. The molecule has 0 atom stereocenters. The van der Waals surface area contributed by atoms with Crippen molar-refractivity contribution in [2.75, 3.05) is 13.7 Å². The van der Waals surface area contributed by atoms with Crippen LogP contribution in [0.15, 0.2) is 12.1 Å². The summed E-state index contributed by atoms with van der Waals surface area (Å²) in [6.45, 7) is -0.440. The summed E-state index contributed by atoms with van der Waals surface area (Å²) in [6.07, 6.45) is 0.330. The summed E-state index contributed by atoms with van der Waals surface area (Å²) in [6, 6.07) is 2.16. The lowest BCUT2D eigenvalue weighted by Crippen LogP contribution is -2.34. The number of nitrogens with two attached hydrogens (primary N) is 1. The van der Waals surface area contributed by atoms with Gasteiger partial charge in [-0.05, 0) is 0 Å². The van der Waals surface area contributed by atoms with Crippen molar-refractivity contribution in [1.29, 1.82) is 0 Å². The summed E-state index contributed by atoms with van der Waals surface area (Å²) in [4.78, 5) is 31.7. The number of methoxy groups -OCH3 is 1. The van der Waals surface area contributed by atoms with Crippen LogP contribution in [0.4, 0.5) is 5.69 Å². The molecule has 0 saturated carbocycles. The fraction of sp³-hybridized carbons (Fsp3) is 0.200. The predicted molar refractivity (Wildman–Crippen MR) is 62.9 cm³/mol. The minimum absolute atomic E-state index is 0.0385. The van der Waals surface area contributed by atoms with E-state index in [0.717, 1.165) is 12.1 Å². The number of hydrazine groups is 1. The first-order valence-electron chi connectivity index (χ1n) is 4.97. The molecule has 0 bridgehead atoms. The number of carbonyl (C=O) groups is 2. The summed E-state index contributed by atoms with van der Waals surface area (Å²) in [5.74, 6) is 4.30. The second kappa shape index (κ2) is 6.31. The molecule has 19 heavy (non-hydrogen) atoms. The van der Waals surface area contributed by atoms with Crippen LogP contribution in [0.2, 0.25) is 0 Å². The Morgan fingerprint density at radius 3 is 2.68 bits per heavy atom. The molecule has 1 rings (SSSR count). The molecular formula is C10H11N3O6. The largest absolute Gasteiger partial charge is 0.493 e. The van der Waals surface area contributed by atoms with Crippen molar-refractivity contribution >= 4 is 17.9 Å². The van der Waals surface area contributed by atoms with Crippen LogP contribution in [0.3, 0.4) is 0 Å². The zero-order valence-corrected chi connectivity index (χ0v) is 9.91. The number of amides is 1. The Morgan fingerprint density at radius 2 is 2.21 bits per heavy atom. The zero-order valence-electron chi connectivity index (χ0n) is 9.91. The highest BCUT2D eigenvalue weighted by molar-refractivity contribution is 5.83. The van der Waals surface area contributed by atoms with E-state index in [1.54, 1.807) is 0 Å². The Labute approximate surface area is 107 Å². The van der Waals surface area contributed by atoms with E-state index >= 15 is 0 Å². The number of hydrogen-bond donors (Lipinski definition) is 2. The minimum Gasteiger partial charge on any atom is -0.493 e. The van der Waals surface area contributed by atoms with Crippen LogP contribution in [-0.2, 0) is 4.79 Å². The maximum atomic E-state index is 10.9. The Balaban J connectivity index is 3.14. The number of nitro groups is 1. The van der Waals surface area contributed by atoms with E-state index in [4.69, 9.17) is 15.3 Å². The van der Waals surface area contributed by atoms with E-state index in [-0.39, 0.29) is 17.1 Å². The van der Waals surface area contributed by atoms with Gasteiger partial charge in [0.25, 0.3) is 11.6 Å². The highest BCUT2D eigenvalue weighted by Crippen LogP contribution is 2.33. The Kier molecular flexibility index (Phi) is 4.77. The van der Waals surface area contributed by atoms with Gasteiger partial charge in [-0.2, -0.15) is 0 Å². The SMILES string of the molecule is COc1cc(C=O)c([N+](=O)[O-])cc1OCC(=O)NN. The van der Waals surface area contributed by atoms with Gasteiger partial charge in [-0.15, -0.1) is 0 Å². The first-order valence-corrected chi connectivity index (χ1v) is 4.97. The van der Waals surface area contributed by atoms with Crippen molar-refractivity contribution in [2.24, 2.45) is 5.84 Å². The van der Waals surface area contributed by atoms with Crippen molar-refractivity contribution in [1.82, 2.24) is 5.43 Å². The average Bonchev–Trinajstić information content (AvgIpc) is 2.43. The number of ether oxygens (including phenoxy) is 2. The standard InChI is InChI=1S/C10H11N3O6/c1-18-8-2-6(4-14)7(13(16)17)3-9(8)19-5-10(15)12-11/h2-4H,5,11H2,1H3,(H,12,15). The third-order valence-electron chi connectivity index (χ3n) is 2.16. The van der Waals surface area contributed by atoms with Crippen LogP contribution in [0.1, 0.15) is 10.4 Å². The number of rotatable bonds is 6. The van der Waals surface area contributed by atoms with E-state index in [0.29, 0.717) is 6.29 Å². The molecule has 0 aliphatic heterocycles. The van der Waals surface area contributed by atoms with E-state index in [2.05, 4.69) is 0 Å². The number of nitro benzene ring substituents is 1. The van der Waals surface area contributed by atoms with Crippen LogP contribution in [0.5, 0.6) is 11.5 Å². The molecule has 9 nitrogen and oxygen atoms in total. The summed E-state index contributed by atoms with van der Waals surface area (Å²) in [7, 11) is 1.30. The Hall–Kier alpha value is -2.68. The summed E-state index contributed by atoms with van der Waals surface area (Å²) < 4.78 is 9.95. The molecular weight excluding hydrogens is 258 g/mol. The molecule has 0 aliphatic carbocycles. The molecule has 0 unspecified atom stereocenters. The number of benzene rings is 1. The molecule has 0 spiro atoms. The highest BCUT2D eigenvalue weighted by atomic mass is 16.6. The van der Waals surface area contributed by atoms with Crippen LogP contribution >= 0.6 is 0 Å². The van der Waals surface area contributed by atoms with Crippen molar-refractivity contribution in [2.45, 2.75) is 0 Å². The highest BCUT2D eigenvalue weighted by Gasteiger charge is 2.19. The molecule has 9 heteroatoms. The van der Waals surface area contributed by atoms with Crippen molar-refractivity contribution in [3.05, 3.63) is 27.8 Å². The molecule has 3 N–H and O–H groups in total. The van der Waals surface area contributed by atoms with Gasteiger partial charge in [0.1, 0.15) is 0 Å². The first-order chi connectivity index (χ1) is 9.03. The van der Waals surface area contributed by atoms with Gasteiger partial charge < -0.3 is 9.47 Å². The second-order valence-electron chi connectivity index (χ2n) is 3.29. The van der Waals surface area contributed by atoms with Crippen molar-refractivity contribution in [3.8, 4) is 11.5 Å². The molecule has 0 heterocycles. The average molecular weight is 269 g/mol. The van der Waals surface area contributed by atoms with Gasteiger partial charge in [0, 0.05) is 6.07 Å². The maximum Gasteiger partial charge on any atom is 0.283 e. The molecule has 1 amide bonds. The Morgan fingerprint density at radius 1 is 1.53 bits per heavy atom. The summed E-state index contributed by atoms with van der Waals surface area (Å²) in [5, 5.41) is 10.8. The lowest BCUT2D eigenvalue weighted by Gasteiger charge is -2.10. The van der Waals surface area contributed by atoms with Gasteiger partial charge in [0.15, 0.2) is 24.4 Å². The molecule has 1 aromatic carbocycles. The summed E-state index contributed by atoms with van der Waals surface area (Å²) >= 11 is 0. The monoisotopic (exact) mass is 269 g/mol. The molecule has 102 valence electrons. The third-order valence-corrected chi connectivity index (χ3v) is 2.16. The van der Waals surface area contributed by atoms with Gasteiger partial charge in [-0.1, -0.05) is 0 Å². The summed E-state index contributed by atoms with van der Waals surface area (Å²) in [5.41, 5.74) is 1.24. The van der Waals surface area contributed by atoms with Crippen LogP contribution in [-0.4, -0.2) is 30.8 Å². The number of nitrogens with zero attached hydrogens (tertiary/aromatic N) is 1. The lowest BCUT2D eigenvalue weighted by atomic mass is 10.1. The molecule has 1 aromatic rings. The topological polar surface area (TPSA) is 134 Å². The fourth-order valence-corrected chi connectivity index (χ4v) is 1.27. The Bertz CT molecular complexity index is 516. The van der Waals surface area contributed by atoms with E-state index in [1.807, 2.05) is 5.43 Å². The molecule has 0 aromatic heterocycles. The van der Waals surface area contributed by atoms with E-state index in [9.17, 15) is 19.7 Å². The second-order valence-corrected chi connectivity index (χ2v) is 3.29. The predicted octanol–water partition coefficient (Wildman–Crippen LogP) is -0.215. The minimum atomic E-state index is -0.737. The first kappa shape index (κ1) is 14.4. The number of carbonyl (C=O) groups excluding carboxylic acids is 2. The van der Waals surface area contributed by atoms with E-state index < -0.39 is 23.1 Å². The van der Waals surface area contributed by atoms with Gasteiger partial charge in [-0.25, -0.2) is 5.84 Å². The maximum absolute atomic E-state index is 10.9. The zero-order chi connectivity index (χ0) is 14.4. The quantitative estimate of drug-likeness (QED) is 0.240. The van der Waals surface area contributed by atoms with Gasteiger partial charge >= 0.3 is 0 Å². The molecule has 0 fully saturated rings. The molecule has 0 radical (unpaired) electrons. The number of nitrogens with one attached hydrogen (secondary N) is 1. The fourth-order valence-electron chi connectivity index (χ4n) is 1.27. The van der Waals surface area contributed by atoms with Gasteiger partial charge in [-0.3, -0.25) is 25.1 Å². The number of aldehydes is 1. The lowest BCUT2D eigenvalue weighted by molar-refractivity contribution is -0.385. The smallest absolute Gasteiger partial charge is 0.283 e. The van der Waals surface area contributed by atoms with Crippen LogP contribution in [0, 0.1) is 10.1 Å². The van der Waals surface area contributed by atoms with Crippen molar-refractivity contribution in [3.63, 3.8) is 0 Å². The van der Waals surface area contributed by atoms with Gasteiger partial charge in [0.05, 0.1) is 23.7 Å². The third kappa shape index (κ3) is 3.39. The van der Waals surface area contributed by atoms with Crippen LogP contribution < -0.4 is 20.7 Å². The molecule has 0 saturated heterocycles. The normalized spacial score (nSPS) is 9.58.